The van der Waals surface area contributed by atoms with Gasteiger partial charge < -0.3 is 9.84 Å². The Labute approximate surface area is 70.8 Å². The number of ether oxygens (including phenoxy) is 1. The second-order valence-corrected chi connectivity index (χ2v) is 2.10. The van der Waals surface area contributed by atoms with Gasteiger partial charge in [0.05, 0.1) is 13.0 Å². The molecule has 0 atom stereocenters. The zero-order chi connectivity index (χ0) is 9.56. The van der Waals surface area contributed by atoms with Crippen molar-refractivity contribution in [2.24, 2.45) is 0 Å². The van der Waals surface area contributed by atoms with Crippen molar-refractivity contribution >= 4 is 11.9 Å². The number of hydrogen-bond acceptors (Lipinski definition) is 3. The summed E-state index contributed by atoms with van der Waals surface area (Å²) in [5.74, 6) is -1.58. The molecule has 0 spiro atoms. The number of carbonyl (C=O) groups excluding carboxylic acids is 1. The second-order valence-electron chi connectivity index (χ2n) is 2.10. The first-order valence-corrected chi connectivity index (χ1v) is 3.65. The summed E-state index contributed by atoms with van der Waals surface area (Å²) in [5, 5.41) is 8.38. The minimum atomic E-state index is -1.03. The van der Waals surface area contributed by atoms with Crippen molar-refractivity contribution in [1.82, 2.24) is 0 Å². The van der Waals surface area contributed by atoms with E-state index in [9.17, 15) is 9.59 Å². The maximum Gasteiger partial charge on any atom is 0.334 e. The number of esters is 1. The average molecular weight is 172 g/mol. The lowest BCUT2D eigenvalue weighted by Crippen LogP contribution is -2.11. The molecule has 0 bridgehead atoms. The van der Waals surface area contributed by atoms with Gasteiger partial charge in [-0.1, -0.05) is 6.08 Å². The molecule has 4 nitrogen and oxygen atoms in total. The van der Waals surface area contributed by atoms with Crippen LogP contribution in [0.15, 0.2) is 11.6 Å². The van der Waals surface area contributed by atoms with E-state index in [1.807, 2.05) is 0 Å². The number of rotatable bonds is 4. The van der Waals surface area contributed by atoms with E-state index in [0.717, 1.165) is 0 Å². The molecule has 0 aliphatic rings. The molecule has 0 rings (SSSR count). The molecule has 0 aliphatic heterocycles. The molecule has 4 heteroatoms. The zero-order valence-electron chi connectivity index (χ0n) is 7.16. The first kappa shape index (κ1) is 10.7. The van der Waals surface area contributed by atoms with Gasteiger partial charge in [0.25, 0.3) is 0 Å². The van der Waals surface area contributed by atoms with Crippen LogP contribution in [0.2, 0.25) is 0 Å². The monoisotopic (exact) mass is 172 g/mol. The van der Waals surface area contributed by atoms with Gasteiger partial charge in [-0.3, -0.25) is 4.79 Å². The highest BCUT2D eigenvalue weighted by Crippen LogP contribution is 2.03. The normalized spacial score (nSPS) is 11.0. The summed E-state index contributed by atoms with van der Waals surface area (Å²) in [6.07, 6.45) is 1.17. The van der Waals surface area contributed by atoms with Crippen molar-refractivity contribution in [1.29, 1.82) is 0 Å². The Balaban J connectivity index is 4.17. The van der Waals surface area contributed by atoms with Crippen LogP contribution in [0.5, 0.6) is 0 Å². The maximum absolute atomic E-state index is 11.0. The Morgan fingerprint density at radius 3 is 2.42 bits per heavy atom. The van der Waals surface area contributed by atoms with Crippen molar-refractivity contribution < 1.29 is 19.4 Å². The van der Waals surface area contributed by atoms with E-state index in [-0.39, 0.29) is 18.6 Å². The van der Waals surface area contributed by atoms with Gasteiger partial charge in [0.1, 0.15) is 0 Å². The van der Waals surface area contributed by atoms with Gasteiger partial charge in [0.2, 0.25) is 0 Å². The van der Waals surface area contributed by atoms with Crippen LogP contribution >= 0.6 is 0 Å². The highest BCUT2D eigenvalue weighted by molar-refractivity contribution is 5.93. The first-order chi connectivity index (χ1) is 5.61. The minimum Gasteiger partial charge on any atom is -0.481 e. The lowest BCUT2D eigenvalue weighted by Gasteiger charge is -2.02. The van der Waals surface area contributed by atoms with Gasteiger partial charge in [-0.05, 0) is 13.8 Å². The van der Waals surface area contributed by atoms with Crippen LogP contribution in [0, 0.1) is 0 Å². The van der Waals surface area contributed by atoms with E-state index in [4.69, 9.17) is 5.11 Å². The Bertz CT molecular complexity index is 205. The van der Waals surface area contributed by atoms with Crippen LogP contribution in [0.1, 0.15) is 20.3 Å². The van der Waals surface area contributed by atoms with Gasteiger partial charge in [0, 0.05) is 5.57 Å². The summed E-state index contributed by atoms with van der Waals surface area (Å²) in [6.45, 7) is 3.54. The van der Waals surface area contributed by atoms with Crippen molar-refractivity contribution in [3.05, 3.63) is 11.6 Å². The largest absolute Gasteiger partial charge is 0.481 e. The fourth-order valence-electron chi connectivity index (χ4n) is 0.679. The van der Waals surface area contributed by atoms with Gasteiger partial charge in [-0.15, -0.1) is 0 Å². The highest BCUT2D eigenvalue weighted by Gasteiger charge is 2.12. The standard InChI is InChI=1S/C8H12O4/c1-3-6(5-7(9)10)8(11)12-4-2/h3H,4-5H2,1-2H3,(H,9,10)/b6-3-. The van der Waals surface area contributed by atoms with Crippen molar-refractivity contribution in [3.63, 3.8) is 0 Å². The summed E-state index contributed by atoms with van der Waals surface area (Å²) in [6, 6.07) is 0. The molecule has 0 unspecified atom stereocenters. The molecule has 0 saturated heterocycles. The molecule has 0 aromatic carbocycles. The van der Waals surface area contributed by atoms with E-state index in [1.165, 1.54) is 6.08 Å². The van der Waals surface area contributed by atoms with Gasteiger partial charge in [0.15, 0.2) is 0 Å². The van der Waals surface area contributed by atoms with E-state index < -0.39 is 11.9 Å². The van der Waals surface area contributed by atoms with Gasteiger partial charge in [-0.25, -0.2) is 4.79 Å². The van der Waals surface area contributed by atoms with Crippen molar-refractivity contribution in [2.75, 3.05) is 6.61 Å². The fraction of sp³-hybridized carbons (Fsp3) is 0.500. The number of carboxylic acids is 1. The summed E-state index contributed by atoms with van der Waals surface area (Å²) in [4.78, 5) is 21.2. The Morgan fingerprint density at radius 2 is 2.08 bits per heavy atom. The number of hydrogen-bond donors (Lipinski definition) is 1. The second kappa shape index (κ2) is 5.35. The van der Waals surface area contributed by atoms with Crippen LogP contribution in [0.4, 0.5) is 0 Å². The number of aliphatic carboxylic acids is 1. The topological polar surface area (TPSA) is 63.6 Å². The van der Waals surface area contributed by atoms with Gasteiger partial charge >= 0.3 is 11.9 Å². The third-order valence-corrected chi connectivity index (χ3v) is 1.23. The molecule has 1 N–H and O–H groups in total. The van der Waals surface area contributed by atoms with Crippen LogP contribution in [0.3, 0.4) is 0 Å². The van der Waals surface area contributed by atoms with E-state index in [0.29, 0.717) is 0 Å². The van der Waals surface area contributed by atoms with Crippen LogP contribution in [-0.4, -0.2) is 23.7 Å². The van der Waals surface area contributed by atoms with E-state index in [1.54, 1.807) is 13.8 Å². The average Bonchev–Trinajstić information content (AvgIpc) is 2.00. The lowest BCUT2D eigenvalue weighted by molar-refractivity contribution is -0.142. The quantitative estimate of drug-likeness (QED) is 0.507. The van der Waals surface area contributed by atoms with Crippen LogP contribution < -0.4 is 0 Å². The molecule has 0 aromatic rings. The smallest absolute Gasteiger partial charge is 0.334 e. The Hall–Kier alpha value is -1.32. The predicted octanol–water partition coefficient (Wildman–Crippen LogP) is 0.970. The molecule has 0 amide bonds. The number of carbonyl (C=O) groups is 2. The SMILES string of the molecule is C/C=C(/CC(=O)O)C(=O)OCC. The molecule has 0 heterocycles. The highest BCUT2D eigenvalue weighted by atomic mass is 16.5. The molecule has 0 radical (unpaired) electrons. The summed E-state index contributed by atoms with van der Waals surface area (Å²) >= 11 is 0. The van der Waals surface area contributed by atoms with E-state index in [2.05, 4.69) is 4.74 Å². The van der Waals surface area contributed by atoms with Crippen LogP contribution in [-0.2, 0) is 14.3 Å². The fourth-order valence-corrected chi connectivity index (χ4v) is 0.679. The summed E-state index contributed by atoms with van der Waals surface area (Å²) < 4.78 is 4.63. The van der Waals surface area contributed by atoms with Crippen LogP contribution in [0.25, 0.3) is 0 Å². The first-order valence-electron chi connectivity index (χ1n) is 3.65. The molecule has 0 saturated carbocycles. The minimum absolute atomic E-state index is 0.185. The third kappa shape index (κ3) is 3.75. The van der Waals surface area contributed by atoms with Crippen molar-refractivity contribution in [3.8, 4) is 0 Å². The maximum atomic E-state index is 11.0. The molecule has 0 aliphatic carbocycles. The molecular weight excluding hydrogens is 160 g/mol. The lowest BCUT2D eigenvalue weighted by atomic mass is 10.2. The number of carboxylic acid groups (broad SMARTS) is 1. The third-order valence-electron chi connectivity index (χ3n) is 1.23. The van der Waals surface area contributed by atoms with Crippen molar-refractivity contribution in [2.45, 2.75) is 20.3 Å². The van der Waals surface area contributed by atoms with Gasteiger partial charge in [-0.2, -0.15) is 0 Å². The molecule has 68 valence electrons. The predicted molar refractivity (Wildman–Crippen MR) is 42.6 cm³/mol. The molecule has 0 fully saturated rings. The molecular formula is C8H12O4. The molecule has 0 aromatic heterocycles. The summed E-state index contributed by atoms with van der Waals surface area (Å²) in [7, 11) is 0. The number of allylic oxidation sites excluding steroid dienone is 1. The summed E-state index contributed by atoms with van der Waals surface area (Å²) in [5.41, 5.74) is 0.185. The Morgan fingerprint density at radius 1 is 1.50 bits per heavy atom. The zero-order valence-corrected chi connectivity index (χ0v) is 7.16. The Kier molecular flexibility index (Phi) is 4.76. The van der Waals surface area contributed by atoms with E-state index >= 15 is 0 Å². The molecule has 12 heavy (non-hydrogen) atoms.